The summed E-state index contributed by atoms with van der Waals surface area (Å²) >= 11 is 9.08. The minimum atomic E-state index is -0.386. The van der Waals surface area contributed by atoms with Crippen LogP contribution in [0.5, 0.6) is 0 Å². The van der Waals surface area contributed by atoms with E-state index in [4.69, 9.17) is 21.9 Å². The molecule has 9 heteroatoms. The van der Waals surface area contributed by atoms with E-state index in [2.05, 4.69) is 15.1 Å². The van der Waals surface area contributed by atoms with Crippen molar-refractivity contribution in [3.63, 3.8) is 0 Å². The lowest BCUT2D eigenvalue weighted by Gasteiger charge is -2.34. The van der Waals surface area contributed by atoms with E-state index >= 15 is 0 Å². The maximum atomic E-state index is 6.20. The van der Waals surface area contributed by atoms with E-state index in [-0.39, 0.29) is 17.9 Å². The van der Waals surface area contributed by atoms with E-state index in [1.54, 1.807) is 11.3 Å². The topological polar surface area (TPSA) is 77.8 Å². The van der Waals surface area contributed by atoms with Crippen molar-refractivity contribution >= 4 is 46.7 Å². The molecule has 2 N–H and O–H groups in total. The lowest BCUT2D eigenvalue weighted by atomic mass is 9.77. The predicted octanol–water partition coefficient (Wildman–Crippen LogP) is 4.26. The summed E-state index contributed by atoms with van der Waals surface area (Å²) in [5.74, 6) is 1.18. The molecule has 1 aliphatic carbocycles. The Bertz CT molecular complexity index is 809. The second kappa shape index (κ2) is 6.49. The fourth-order valence-corrected chi connectivity index (χ4v) is 4.33. The molecule has 0 unspecified atom stereocenters. The van der Waals surface area contributed by atoms with Gasteiger partial charge in [-0.25, -0.2) is 4.98 Å². The Morgan fingerprint density at radius 2 is 2.13 bits per heavy atom. The molecule has 0 aromatic carbocycles. The minimum absolute atomic E-state index is 0. The van der Waals surface area contributed by atoms with Gasteiger partial charge in [0.25, 0.3) is 0 Å². The first-order chi connectivity index (χ1) is 10.6. The normalized spacial score (nSPS) is 15.9. The van der Waals surface area contributed by atoms with Crippen molar-refractivity contribution in [2.45, 2.75) is 31.2 Å². The van der Waals surface area contributed by atoms with Gasteiger partial charge in [-0.3, -0.25) is 0 Å². The van der Waals surface area contributed by atoms with E-state index in [9.17, 15) is 0 Å². The highest BCUT2D eigenvalue weighted by Crippen LogP contribution is 2.37. The third-order valence-corrected chi connectivity index (χ3v) is 6.12. The zero-order chi connectivity index (χ0) is 15.2. The number of thiazole rings is 1. The van der Waals surface area contributed by atoms with E-state index < -0.39 is 0 Å². The summed E-state index contributed by atoms with van der Waals surface area (Å²) in [4.78, 5) is 10.1. The van der Waals surface area contributed by atoms with Crippen LogP contribution in [0.2, 0.25) is 4.34 Å². The standard InChI is InChI=1S/C14H13ClN4OS2.ClH/c15-10-3-2-9(22-10)12-17-8(7-21-12)6-11-18-13(19-20-11)14(16)4-1-5-14;/h2-3,7H,1,4-6,16H2;1H. The summed E-state index contributed by atoms with van der Waals surface area (Å²) in [7, 11) is 0. The first-order valence-electron chi connectivity index (χ1n) is 6.94. The summed E-state index contributed by atoms with van der Waals surface area (Å²) in [6.07, 6.45) is 3.50. The van der Waals surface area contributed by atoms with Crippen LogP contribution in [-0.4, -0.2) is 15.1 Å². The Morgan fingerprint density at radius 3 is 2.78 bits per heavy atom. The SMILES string of the molecule is Cl.NC1(c2noc(Cc3csc(-c4ccc(Cl)s4)n3)n2)CCC1. The molecule has 0 bridgehead atoms. The van der Waals surface area contributed by atoms with Gasteiger partial charge in [0.15, 0.2) is 5.82 Å². The Labute approximate surface area is 152 Å². The highest BCUT2D eigenvalue weighted by Gasteiger charge is 2.38. The predicted molar refractivity (Wildman–Crippen MR) is 94.5 cm³/mol. The smallest absolute Gasteiger partial charge is 0.232 e. The van der Waals surface area contributed by atoms with Crippen molar-refractivity contribution in [2.75, 3.05) is 0 Å². The van der Waals surface area contributed by atoms with E-state index in [0.717, 1.165) is 39.2 Å². The fraction of sp³-hybridized carbons (Fsp3) is 0.357. The Hall–Kier alpha value is -0.990. The quantitative estimate of drug-likeness (QED) is 0.722. The number of hydrogen-bond acceptors (Lipinski definition) is 7. The number of thiophene rings is 1. The number of hydrogen-bond donors (Lipinski definition) is 1. The molecular weight excluding hydrogens is 375 g/mol. The average Bonchev–Trinajstić information content (AvgIpc) is 3.17. The molecule has 122 valence electrons. The van der Waals surface area contributed by atoms with Crippen LogP contribution < -0.4 is 5.73 Å². The molecule has 0 amide bonds. The molecule has 0 spiro atoms. The van der Waals surface area contributed by atoms with Crippen LogP contribution in [0.1, 0.15) is 36.7 Å². The summed E-state index contributed by atoms with van der Waals surface area (Å²) in [5.41, 5.74) is 6.73. The molecule has 5 nitrogen and oxygen atoms in total. The van der Waals surface area contributed by atoms with Crippen LogP contribution in [0.25, 0.3) is 9.88 Å². The first kappa shape index (κ1) is 16.9. The summed E-state index contributed by atoms with van der Waals surface area (Å²) in [6, 6.07) is 3.86. The molecule has 0 radical (unpaired) electrons. The number of halogens is 2. The largest absolute Gasteiger partial charge is 0.339 e. The van der Waals surface area contributed by atoms with Crippen molar-refractivity contribution in [2.24, 2.45) is 5.73 Å². The van der Waals surface area contributed by atoms with Gasteiger partial charge in [0.05, 0.1) is 26.9 Å². The molecule has 0 atom stereocenters. The molecule has 3 aromatic rings. The molecule has 3 heterocycles. The molecule has 1 saturated carbocycles. The summed E-state index contributed by atoms with van der Waals surface area (Å²) in [6.45, 7) is 0. The van der Waals surface area contributed by atoms with Gasteiger partial charge >= 0.3 is 0 Å². The van der Waals surface area contributed by atoms with E-state index in [1.165, 1.54) is 11.3 Å². The van der Waals surface area contributed by atoms with Crippen molar-refractivity contribution in [1.29, 1.82) is 0 Å². The molecule has 1 fully saturated rings. The third kappa shape index (κ3) is 3.29. The maximum absolute atomic E-state index is 6.20. The number of nitrogens with two attached hydrogens (primary N) is 1. The van der Waals surface area contributed by atoms with E-state index in [0.29, 0.717) is 18.1 Å². The molecular formula is C14H14Cl2N4OS2. The Kier molecular flexibility index (Phi) is 4.75. The zero-order valence-corrected chi connectivity index (χ0v) is 15.2. The van der Waals surface area contributed by atoms with Gasteiger partial charge < -0.3 is 10.3 Å². The summed E-state index contributed by atoms with van der Waals surface area (Å²) < 4.78 is 6.08. The average molecular weight is 389 g/mol. The lowest BCUT2D eigenvalue weighted by Crippen LogP contribution is -2.44. The van der Waals surface area contributed by atoms with Gasteiger partial charge in [0, 0.05) is 5.38 Å². The van der Waals surface area contributed by atoms with Crippen molar-refractivity contribution in [1.82, 2.24) is 15.1 Å². The molecule has 23 heavy (non-hydrogen) atoms. The Balaban J connectivity index is 0.00000156. The van der Waals surface area contributed by atoms with Gasteiger partial charge in [-0.15, -0.1) is 35.1 Å². The van der Waals surface area contributed by atoms with E-state index in [1.807, 2.05) is 17.5 Å². The molecule has 3 aromatic heterocycles. The summed E-state index contributed by atoms with van der Waals surface area (Å²) in [5, 5.41) is 6.99. The monoisotopic (exact) mass is 388 g/mol. The van der Waals surface area contributed by atoms with Gasteiger partial charge in [-0.05, 0) is 31.4 Å². The van der Waals surface area contributed by atoms with Crippen LogP contribution in [0.4, 0.5) is 0 Å². The van der Waals surface area contributed by atoms with Gasteiger partial charge in [0.1, 0.15) is 5.01 Å². The van der Waals surface area contributed by atoms with Gasteiger partial charge in [-0.2, -0.15) is 4.98 Å². The highest BCUT2D eigenvalue weighted by molar-refractivity contribution is 7.23. The molecule has 0 saturated heterocycles. The zero-order valence-electron chi connectivity index (χ0n) is 12.0. The maximum Gasteiger partial charge on any atom is 0.232 e. The van der Waals surface area contributed by atoms with Crippen LogP contribution in [0, 0.1) is 0 Å². The first-order valence-corrected chi connectivity index (χ1v) is 9.02. The molecule has 1 aliphatic rings. The highest BCUT2D eigenvalue weighted by atomic mass is 35.5. The second-order valence-corrected chi connectivity index (χ2v) is 8.02. The minimum Gasteiger partial charge on any atom is -0.339 e. The third-order valence-electron chi connectivity index (χ3n) is 3.83. The fourth-order valence-electron chi connectivity index (χ4n) is 2.40. The molecule has 4 rings (SSSR count). The molecule has 0 aliphatic heterocycles. The van der Waals surface area contributed by atoms with Crippen molar-refractivity contribution in [3.8, 4) is 9.88 Å². The number of rotatable bonds is 4. The van der Waals surface area contributed by atoms with Crippen LogP contribution in [-0.2, 0) is 12.0 Å². The van der Waals surface area contributed by atoms with Crippen molar-refractivity contribution in [3.05, 3.63) is 39.3 Å². The Morgan fingerprint density at radius 1 is 1.30 bits per heavy atom. The van der Waals surface area contributed by atoms with Gasteiger partial charge in [-0.1, -0.05) is 16.8 Å². The van der Waals surface area contributed by atoms with Gasteiger partial charge in [0.2, 0.25) is 5.89 Å². The number of aromatic nitrogens is 3. The lowest BCUT2D eigenvalue weighted by molar-refractivity contribution is 0.229. The number of nitrogens with zero attached hydrogens (tertiary/aromatic N) is 3. The van der Waals surface area contributed by atoms with Crippen LogP contribution >= 0.6 is 46.7 Å². The van der Waals surface area contributed by atoms with Crippen LogP contribution in [0.3, 0.4) is 0 Å². The van der Waals surface area contributed by atoms with Crippen LogP contribution in [0.15, 0.2) is 22.0 Å². The van der Waals surface area contributed by atoms with Crippen molar-refractivity contribution < 1.29 is 4.52 Å². The second-order valence-electron chi connectivity index (χ2n) is 5.45.